The molecule has 0 unspecified atom stereocenters. The lowest BCUT2D eigenvalue weighted by atomic mass is 10.1. The molecule has 3 heterocycles. The average molecular weight is 393 g/mol. The summed E-state index contributed by atoms with van der Waals surface area (Å²) >= 11 is 12.4. The van der Waals surface area contributed by atoms with Crippen molar-refractivity contribution in [3.63, 3.8) is 0 Å². The van der Waals surface area contributed by atoms with E-state index in [9.17, 15) is 4.79 Å². The highest BCUT2D eigenvalue weighted by Crippen LogP contribution is 2.36. The maximum atomic E-state index is 13.0. The van der Waals surface area contributed by atoms with Crippen LogP contribution in [0.1, 0.15) is 33.9 Å². The third-order valence-corrected chi connectivity index (χ3v) is 5.33. The standard InChI is InChI=1S/C18H18Cl2N4O2/c1-10-21-15-9-24(8-12(15)17(22-10)23-4-3-5-23)18(25)11-6-13(19)16(26-2)14(20)7-11/h6-7H,3-5,8-9H2,1-2H3. The first kappa shape index (κ1) is 17.4. The lowest BCUT2D eigenvalue weighted by Gasteiger charge is -2.33. The molecule has 26 heavy (non-hydrogen) atoms. The molecule has 136 valence electrons. The van der Waals surface area contributed by atoms with Crippen molar-refractivity contribution < 1.29 is 9.53 Å². The second-order valence-corrected chi connectivity index (χ2v) is 7.31. The Labute approximate surface area is 161 Å². The largest absolute Gasteiger partial charge is 0.494 e. The van der Waals surface area contributed by atoms with Crippen LogP contribution in [0.15, 0.2) is 12.1 Å². The van der Waals surface area contributed by atoms with Crippen molar-refractivity contribution in [2.45, 2.75) is 26.4 Å². The number of fused-ring (bicyclic) bond motifs is 1. The SMILES string of the molecule is COc1c(Cl)cc(C(=O)N2Cc3nc(C)nc(N4CCC4)c3C2)cc1Cl. The van der Waals surface area contributed by atoms with Crippen molar-refractivity contribution in [1.82, 2.24) is 14.9 Å². The molecule has 0 bridgehead atoms. The van der Waals surface area contributed by atoms with Gasteiger partial charge in [-0.05, 0) is 25.5 Å². The number of carbonyl (C=O) groups is 1. The summed E-state index contributed by atoms with van der Waals surface area (Å²) in [6.07, 6.45) is 1.17. The Hall–Kier alpha value is -2.05. The van der Waals surface area contributed by atoms with E-state index >= 15 is 0 Å². The molecule has 0 aliphatic carbocycles. The molecular weight excluding hydrogens is 375 g/mol. The molecule has 2 aromatic rings. The number of aryl methyl sites for hydroxylation is 1. The summed E-state index contributed by atoms with van der Waals surface area (Å²) in [5, 5.41) is 0.633. The molecule has 4 rings (SSSR count). The molecule has 2 aliphatic rings. The minimum absolute atomic E-state index is 0.137. The summed E-state index contributed by atoms with van der Waals surface area (Å²) in [5.41, 5.74) is 2.39. The number of nitrogens with zero attached hydrogens (tertiary/aromatic N) is 4. The number of aromatic nitrogens is 2. The first-order valence-electron chi connectivity index (χ1n) is 8.41. The minimum atomic E-state index is -0.137. The van der Waals surface area contributed by atoms with Gasteiger partial charge in [0, 0.05) is 24.2 Å². The zero-order valence-electron chi connectivity index (χ0n) is 14.6. The Morgan fingerprint density at radius 2 is 1.85 bits per heavy atom. The highest BCUT2D eigenvalue weighted by atomic mass is 35.5. The smallest absolute Gasteiger partial charge is 0.254 e. The molecule has 0 radical (unpaired) electrons. The van der Waals surface area contributed by atoms with Gasteiger partial charge in [0.1, 0.15) is 11.6 Å². The highest BCUT2D eigenvalue weighted by molar-refractivity contribution is 6.37. The normalized spacial score (nSPS) is 15.7. The van der Waals surface area contributed by atoms with E-state index in [-0.39, 0.29) is 5.91 Å². The summed E-state index contributed by atoms with van der Waals surface area (Å²) < 4.78 is 5.15. The fourth-order valence-corrected chi connectivity index (χ4v) is 3.99. The number of ether oxygens (including phenoxy) is 1. The van der Waals surface area contributed by atoms with Gasteiger partial charge >= 0.3 is 0 Å². The van der Waals surface area contributed by atoms with Crippen LogP contribution in [-0.4, -0.2) is 41.0 Å². The van der Waals surface area contributed by atoms with Crippen LogP contribution in [0.25, 0.3) is 0 Å². The highest BCUT2D eigenvalue weighted by Gasteiger charge is 2.32. The zero-order valence-corrected chi connectivity index (χ0v) is 16.1. The van der Waals surface area contributed by atoms with Crippen LogP contribution in [-0.2, 0) is 13.1 Å². The number of amides is 1. The third kappa shape index (κ3) is 2.87. The molecule has 0 saturated carbocycles. The van der Waals surface area contributed by atoms with Crippen LogP contribution in [0.2, 0.25) is 10.0 Å². The minimum Gasteiger partial charge on any atom is -0.494 e. The predicted octanol–water partition coefficient (Wildman–Crippen LogP) is 3.47. The Morgan fingerprint density at radius 1 is 1.15 bits per heavy atom. The van der Waals surface area contributed by atoms with E-state index in [0.717, 1.165) is 36.0 Å². The van der Waals surface area contributed by atoms with Crippen LogP contribution in [0, 0.1) is 6.92 Å². The van der Waals surface area contributed by atoms with Gasteiger partial charge in [0.05, 0.1) is 35.9 Å². The third-order valence-electron chi connectivity index (χ3n) is 4.76. The molecule has 0 N–H and O–H groups in total. The Bertz CT molecular complexity index is 876. The first-order valence-corrected chi connectivity index (χ1v) is 9.17. The molecule has 8 heteroatoms. The van der Waals surface area contributed by atoms with E-state index < -0.39 is 0 Å². The fourth-order valence-electron chi connectivity index (χ4n) is 3.35. The number of hydrogen-bond donors (Lipinski definition) is 0. The van der Waals surface area contributed by atoms with Gasteiger partial charge in [0.25, 0.3) is 5.91 Å². The van der Waals surface area contributed by atoms with E-state index in [2.05, 4.69) is 14.9 Å². The number of rotatable bonds is 3. The first-order chi connectivity index (χ1) is 12.5. The van der Waals surface area contributed by atoms with Crippen molar-refractivity contribution in [2.75, 3.05) is 25.1 Å². The van der Waals surface area contributed by atoms with Gasteiger partial charge in [0.2, 0.25) is 0 Å². The molecule has 0 atom stereocenters. The van der Waals surface area contributed by atoms with E-state index in [0.29, 0.717) is 34.4 Å². The molecule has 1 saturated heterocycles. The number of anilines is 1. The van der Waals surface area contributed by atoms with Gasteiger partial charge in [-0.25, -0.2) is 9.97 Å². The maximum Gasteiger partial charge on any atom is 0.254 e. The Morgan fingerprint density at radius 3 is 2.42 bits per heavy atom. The van der Waals surface area contributed by atoms with Crippen molar-refractivity contribution in [2.24, 2.45) is 0 Å². The van der Waals surface area contributed by atoms with E-state index in [1.54, 1.807) is 17.0 Å². The zero-order chi connectivity index (χ0) is 18.4. The van der Waals surface area contributed by atoms with Gasteiger partial charge in [-0.1, -0.05) is 23.2 Å². The van der Waals surface area contributed by atoms with Gasteiger partial charge in [0.15, 0.2) is 5.75 Å². The lowest BCUT2D eigenvalue weighted by Crippen LogP contribution is -2.38. The molecular formula is C18H18Cl2N4O2. The predicted molar refractivity (Wildman–Crippen MR) is 100 cm³/mol. The van der Waals surface area contributed by atoms with Gasteiger partial charge in [-0.2, -0.15) is 0 Å². The summed E-state index contributed by atoms with van der Waals surface area (Å²) in [6.45, 7) is 4.83. The number of carbonyl (C=O) groups excluding carboxylic acids is 1. The molecule has 2 aliphatic heterocycles. The number of benzene rings is 1. The molecule has 1 aromatic carbocycles. The molecule has 6 nitrogen and oxygen atoms in total. The number of hydrogen-bond acceptors (Lipinski definition) is 5. The molecule has 1 amide bonds. The van der Waals surface area contributed by atoms with Crippen molar-refractivity contribution in [3.8, 4) is 5.75 Å². The second kappa shape index (κ2) is 6.59. The maximum absolute atomic E-state index is 13.0. The van der Waals surface area contributed by atoms with Crippen molar-refractivity contribution >= 4 is 34.9 Å². The van der Waals surface area contributed by atoms with Crippen LogP contribution >= 0.6 is 23.2 Å². The van der Waals surface area contributed by atoms with Crippen LogP contribution < -0.4 is 9.64 Å². The van der Waals surface area contributed by atoms with Gasteiger partial charge < -0.3 is 14.5 Å². The van der Waals surface area contributed by atoms with Crippen LogP contribution in [0.3, 0.4) is 0 Å². The van der Waals surface area contributed by atoms with Crippen molar-refractivity contribution in [3.05, 3.63) is 44.8 Å². The van der Waals surface area contributed by atoms with Crippen LogP contribution in [0.5, 0.6) is 5.75 Å². The second-order valence-electron chi connectivity index (χ2n) is 6.49. The molecule has 1 fully saturated rings. The van der Waals surface area contributed by atoms with E-state index in [4.69, 9.17) is 27.9 Å². The van der Waals surface area contributed by atoms with Crippen LogP contribution in [0.4, 0.5) is 5.82 Å². The van der Waals surface area contributed by atoms with Crippen molar-refractivity contribution in [1.29, 1.82) is 0 Å². The summed E-state index contributed by atoms with van der Waals surface area (Å²) in [5.74, 6) is 1.92. The molecule has 1 aromatic heterocycles. The Balaban J connectivity index is 1.63. The summed E-state index contributed by atoms with van der Waals surface area (Å²) in [6, 6.07) is 3.18. The average Bonchev–Trinajstić information content (AvgIpc) is 2.96. The monoisotopic (exact) mass is 392 g/mol. The number of halogens is 2. The summed E-state index contributed by atoms with van der Waals surface area (Å²) in [4.78, 5) is 26.1. The molecule has 0 spiro atoms. The lowest BCUT2D eigenvalue weighted by molar-refractivity contribution is 0.0750. The Kier molecular flexibility index (Phi) is 4.40. The topological polar surface area (TPSA) is 58.6 Å². The van der Waals surface area contributed by atoms with Gasteiger partial charge in [-0.3, -0.25) is 4.79 Å². The summed E-state index contributed by atoms with van der Waals surface area (Å²) in [7, 11) is 1.49. The van der Waals surface area contributed by atoms with Gasteiger partial charge in [-0.15, -0.1) is 0 Å². The van der Waals surface area contributed by atoms with E-state index in [1.165, 1.54) is 13.5 Å². The quantitative estimate of drug-likeness (QED) is 0.800. The fraction of sp³-hybridized carbons (Fsp3) is 0.389. The number of methoxy groups -OCH3 is 1. The van der Waals surface area contributed by atoms with E-state index in [1.807, 2.05) is 6.92 Å².